The summed E-state index contributed by atoms with van der Waals surface area (Å²) in [5, 5.41) is 2.19. The van der Waals surface area contributed by atoms with E-state index in [4.69, 9.17) is 27.1 Å². The number of aromatic nitrogens is 4. The average Bonchev–Trinajstić information content (AvgIpc) is 3.73. The van der Waals surface area contributed by atoms with Crippen molar-refractivity contribution in [3.63, 3.8) is 0 Å². The van der Waals surface area contributed by atoms with Crippen LogP contribution < -0.4 is 16.0 Å². The number of aliphatic imine (C=N–C) groups is 1. The van der Waals surface area contributed by atoms with Crippen molar-refractivity contribution in [1.29, 1.82) is 0 Å². The molecule has 1 aliphatic heterocycles. The molecule has 2 amide bonds. The summed E-state index contributed by atoms with van der Waals surface area (Å²) in [6, 6.07) is 2.00. The van der Waals surface area contributed by atoms with E-state index in [2.05, 4.69) is 25.3 Å². The Kier molecular flexibility index (Phi) is 9.16. The SMILES string of the molecule is COCc1ncc(-c2c(C(F)F)ccc(Cl)c2F)nc1C(=O)N/C(C=NC1(c2cnc(N3C[C@@H](C)CC3=O)c(C)n2)CC1)=C/N. The third kappa shape index (κ3) is 6.52. The Morgan fingerprint density at radius 1 is 1.29 bits per heavy atom. The Labute approximate surface area is 261 Å². The number of rotatable bonds is 10. The summed E-state index contributed by atoms with van der Waals surface area (Å²) in [6.07, 6.45) is 3.94. The van der Waals surface area contributed by atoms with Gasteiger partial charge in [-0.05, 0) is 31.7 Å². The molecule has 2 fully saturated rings. The van der Waals surface area contributed by atoms with Crippen LogP contribution in [-0.2, 0) is 21.7 Å². The van der Waals surface area contributed by atoms with E-state index in [-0.39, 0.29) is 41.2 Å². The van der Waals surface area contributed by atoms with E-state index in [1.54, 1.807) is 18.0 Å². The highest BCUT2D eigenvalue weighted by atomic mass is 35.5. The molecule has 1 saturated carbocycles. The lowest BCUT2D eigenvalue weighted by Gasteiger charge is -2.18. The third-order valence-electron chi connectivity index (χ3n) is 7.55. The predicted molar refractivity (Wildman–Crippen MR) is 160 cm³/mol. The van der Waals surface area contributed by atoms with Crippen LogP contribution in [0.4, 0.5) is 19.0 Å². The van der Waals surface area contributed by atoms with Crippen LogP contribution in [0.3, 0.4) is 0 Å². The van der Waals surface area contributed by atoms with Crippen molar-refractivity contribution in [2.75, 3.05) is 18.6 Å². The molecule has 3 heterocycles. The molecular weight excluding hydrogens is 613 g/mol. The third-order valence-corrected chi connectivity index (χ3v) is 7.84. The number of ether oxygens (including phenoxy) is 1. The minimum atomic E-state index is -3.04. The normalized spacial score (nSPS) is 17.9. The van der Waals surface area contributed by atoms with Crippen LogP contribution in [0.15, 0.2) is 41.4 Å². The molecule has 5 rings (SSSR count). The minimum Gasteiger partial charge on any atom is -0.403 e. The molecule has 0 unspecified atom stereocenters. The van der Waals surface area contributed by atoms with E-state index in [0.29, 0.717) is 43.0 Å². The zero-order chi connectivity index (χ0) is 32.5. The van der Waals surface area contributed by atoms with E-state index in [9.17, 15) is 22.8 Å². The molecule has 15 heteroatoms. The van der Waals surface area contributed by atoms with Crippen molar-refractivity contribution in [2.45, 2.75) is 51.7 Å². The van der Waals surface area contributed by atoms with Gasteiger partial charge < -0.3 is 15.8 Å². The molecule has 3 N–H and O–H groups in total. The molecule has 1 aromatic carbocycles. The van der Waals surface area contributed by atoms with Crippen molar-refractivity contribution in [2.24, 2.45) is 16.6 Å². The number of methoxy groups -OCH3 is 1. The number of hydrogen-bond acceptors (Lipinski definition) is 9. The number of carbonyl (C=O) groups is 2. The molecule has 1 aliphatic carbocycles. The van der Waals surface area contributed by atoms with Gasteiger partial charge in [0, 0.05) is 43.6 Å². The first-order valence-corrected chi connectivity index (χ1v) is 14.4. The van der Waals surface area contributed by atoms with Crippen LogP contribution in [0, 0.1) is 18.7 Å². The highest BCUT2D eigenvalue weighted by Crippen LogP contribution is 2.49. The molecule has 236 valence electrons. The first-order valence-electron chi connectivity index (χ1n) is 14.0. The molecule has 1 saturated heterocycles. The number of benzene rings is 1. The summed E-state index contributed by atoms with van der Waals surface area (Å²) in [4.78, 5) is 49.6. The molecule has 0 spiro atoms. The van der Waals surface area contributed by atoms with Gasteiger partial charge in [-0.3, -0.25) is 29.4 Å². The van der Waals surface area contributed by atoms with Gasteiger partial charge >= 0.3 is 0 Å². The first kappa shape index (κ1) is 32.0. The lowest BCUT2D eigenvalue weighted by Crippen LogP contribution is -2.28. The zero-order valence-corrected chi connectivity index (χ0v) is 25.4. The zero-order valence-electron chi connectivity index (χ0n) is 24.7. The molecule has 0 radical (unpaired) electrons. The Bertz CT molecular complexity index is 1710. The summed E-state index contributed by atoms with van der Waals surface area (Å²) in [6.45, 7) is 4.24. The van der Waals surface area contributed by atoms with E-state index in [1.807, 2.05) is 6.92 Å². The topological polar surface area (TPSA) is 149 Å². The molecule has 0 bridgehead atoms. The monoisotopic (exact) mass is 642 g/mol. The van der Waals surface area contributed by atoms with Gasteiger partial charge in [0.25, 0.3) is 12.3 Å². The summed E-state index contributed by atoms with van der Waals surface area (Å²) in [7, 11) is 1.37. The van der Waals surface area contributed by atoms with Crippen LogP contribution >= 0.6 is 11.6 Å². The summed E-state index contributed by atoms with van der Waals surface area (Å²) >= 11 is 5.86. The second-order valence-corrected chi connectivity index (χ2v) is 11.4. The number of aryl methyl sites for hydroxylation is 1. The van der Waals surface area contributed by atoms with Gasteiger partial charge in [0.05, 0.1) is 52.5 Å². The fraction of sp³-hybridized carbons (Fsp3) is 0.367. The number of hydrogen-bond donors (Lipinski definition) is 2. The van der Waals surface area contributed by atoms with E-state index in [0.717, 1.165) is 24.5 Å². The smallest absolute Gasteiger partial charge is 0.276 e. The van der Waals surface area contributed by atoms with Crippen LogP contribution in [0.2, 0.25) is 5.02 Å². The maximum atomic E-state index is 14.9. The van der Waals surface area contributed by atoms with Crippen molar-refractivity contribution in [1.82, 2.24) is 25.3 Å². The summed E-state index contributed by atoms with van der Waals surface area (Å²) < 4.78 is 47.5. The molecular formula is C30H30ClF3N8O3. The summed E-state index contributed by atoms with van der Waals surface area (Å²) in [5.74, 6) is -1.16. The number of amides is 2. The van der Waals surface area contributed by atoms with Gasteiger partial charge in [0.2, 0.25) is 5.91 Å². The molecule has 45 heavy (non-hydrogen) atoms. The van der Waals surface area contributed by atoms with Gasteiger partial charge in [-0.25, -0.2) is 23.1 Å². The van der Waals surface area contributed by atoms with Crippen molar-refractivity contribution in [3.8, 4) is 11.3 Å². The fourth-order valence-electron chi connectivity index (χ4n) is 5.09. The molecule has 2 aliphatic rings. The van der Waals surface area contributed by atoms with Crippen LogP contribution in [0.25, 0.3) is 11.3 Å². The van der Waals surface area contributed by atoms with E-state index < -0.39 is 39.8 Å². The predicted octanol–water partition coefficient (Wildman–Crippen LogP) is 4.78. The lowest BCUT2D eigenvalue weighted by molar-refractivity contribution is -0.117. The Balaban J connectivity index is 1.39. The first-order chi connectivity index (χ1) is 21.5. The second-order valence-electron chi connectivity index (χ2n) is 11.0. The fourth-order valence-corrected chi connectivity index (χ4v) is 5.25. The lowest BCUT2D eigenvalue weighted by atomic mass is 10.0. The molecule has 11 nitrogen and oxygen atoms in total. The van der Waals surface area contributed by atoms with Gasteiger partial charge in [-0.2, -0.15) is 0 Å². The van der Waals surface area contributed by atoms with Crippen molar-refractivity contribution < 1.29 is 27.5 Å². The summed E-state index contributed by atoms with van der Waals surface area (Å²) in [5.41, 5.74) is 4.65. The highest BCUT2D eigenvalue weighted by Gasteiger charge is 2.46. The van der Waals surface area contributed by atoms with Crippen molar-refractivity contribution >= 4 is 35.4 Å². The van der Waals surface area contributed by atoms with E-state index in [1.165, 1.54) is 13.3 Å². The molecule has 2 aromatic heterocycles. The average molecular weight is 643 g/mol. The van der Waals surface area contributed by atoms with Crippen LogP contribution in [0.5, 0.6) is 0 Å². The number of nitrogens with zero attached hydrogens (tertiary/aromatic N) is 6. The van der Waals surface area contributed by atoms with Gasteiger partial charge in [0.15, 0.2) is 17.3 Å². The number of nitrogens with two attached hydrogens (primary N) is 1. The second kappa shape index (κ2) is 12.9. The Morgan fingerprint density at radius 2 is 2.04 bits per heavy atom. The van der Waals surface area contributed by atoms with E-state index >= 15 is 0 Å². The molecule has 3 aromatic rings. The van der Waals surface area contributed by atoms with Crippen LogP contribution in [-0.4, -0.2) is 51.6 Å². The van der Waals surface area contributed by atoms with Crippen LogP contribution in [0.1, 0.15) is 65.7 Å². The maximum absolute atomic E-state index is 14.9. The van der Waals surface area contributed by atoms with Gasteiger partial charge in [-0.1, -0.05) is 24.6 Å². The quantitative estimate of drug-likeness (QED) is 0.300. The minimum absolute atomic E-state index is 0.0105. The highest BCUT2D eigenvalue weighted by molar-refractivity contribution is 6.31. The maximum Gasteiger partial charge on any atom is 0.276 e. The number of nitrogens with one attached hydrogen (secondary N) is 1. The van der Waals surface area contributed by atoms with Crippen molar-refractivity contribution in [3.05, 3.63) is 75.6 Å². The number of anilines is 1. The Hall–Kier alpha value is -4.43. The number of alkyl halides is 2. The Morgan fingerprint density at radius 3 is 2.64 bits per heavy atom. The standard InChI is InChI=1S/C30H30ClF3N8O3/c1-15-8-23(43)42(13-15)28-16(2)39-22(12-37-28)30(6-7-30)38-10-17(9-35)40-29(44)26-21(14-45-3)36-11-20(41-26)24-18(27(33)34)4-5-19(31)25(24)32/h4-5,9-12,15,27H,6-8,13-14,35H2,1-3H3,(H,40,44)/b17-9+,38-10?/t15-/m0/s1. The number of allylic oxidation sites excluding steroid dienone is 1. The largest absolute Gasteiger partial charge is 0.403 e. The van der Waals surface area contributed by atoms with Gasteiger partial charge in [-0.15, -0.1) is 0 Å². The van der Waals surface area contributed by atoms with Gasteiger partial charge in [0.1, 0.15) is 5.54 Å². The number of halogens is 4. The number of carbonyl (C=O) groups excluding carboxylic acids is 2. The molecule has 1 atom stereocenters.